The normalized spacial score (nSPS) is 55.4. The molecule has 5 heteroatoms. The first-order valence-corrected chi connectivity index (χ1v) is 9.17. The maximum absolute atomic E-state index is 13.3. The van der Waals surface area contributed by atoms with E-state index in [2.05, 4.69) is 13.8 Å². The number of Topliss-reactive ketones (excluding diaryl/α,β-unsaturated/α-hetero) is 2. The third-order valence-electron chi connectivity index (χ3n) is 8.73. The van der Waals surface area contributed by atoms with E-state index in [0.29, 0.717) is 32.1 Å². The van der Waals surface area contributed by atoms with Crippen molar-refractivity contribution in [3.8, 4) is 0 Å². The fourth-order valence-electron chi connectivity index (χ4n) is 6.98. The van der Waals surface area contributed by atoms with Crippen LogP contribution in [0.1, 0.15) is 59.8 Å². The fraction of sp³-hybridized carbons (Fsp3) is 0.895. The average molecular weight is 336 g/mol. The summed E-state index contributed by atoms with van der Waals surface area (Å²) in [6.45, 7) is 8.15. The van der Waals surface area contributed by atoms with Crippen molar-refractivity contribution in [3.05, 3.63) is 0 Å². The van der Waals surface area contributed by atoms with Gasteiger partial charge >= 0.3 is 0 Å². The van der Waals surface area contributed by atoms with Crippen molar-refractivity contribution in [3.63, 3.8) is 0 Å². The molecule has 0 radical (unpaired) electrons. The van der Waals surface area contributed by atoms with Crippen LogP contribution in [-0.4, -0.2) is 40.3 Å². The summed E-state index contributed by atoms with van der Waals surface area (Å²) in [6, 6.07) is 0. The van der Waals surface area contributed by atoms with E-state index < -0.39 is 28.1 Å². The Bertz CT molecular complexity index is 642. The monoisotopic (exact) mass is 336 g/mol. The van der Waals surface area contributed by atoms with E-state index in [9.17, 15) is 19.8 Å². The topological polar surface area (TPSA) is 83.8 Å². The molecule has 5 nitrogen and oxygen atoms in total. The van der Waals surface area contributed by atoms with Gasteiger partial charge in [-0.15, -0.1) is 0 Å². The van der Waals surface area contributed by atoms with Crippen LogP contribution < -0.4 is 0 Å². The number of rotatable bonds is 1. The number of ether oxygens (including phenoxy) is 1. The van der Waals surface area contributed by atoms with E-state index in [4.69, 9.17) is 4.74 Å². The molecule has 5 aliphatic rings. The second-order valence-corrected chi connectivity index (χ2v) is 9.22. The molecular formula is C19H28O5. The number of carbonyl (C=O) groups is 2. The average Bonchev–Trinajstić information content (AvgIpc) is 2.53. The third kappa shape index (κ3) is 1.25. The molecule has 5 rings (SSSR count). The van der Waals surface area contributed by atoms with Crippen LogP contribution in [0.2, 0.25) is 0 Å². The molecule has 0 aromatic rings. The molecule has 2 saturated heterocycles. The van der Waals surface area contributed by atoms with E-state index >= 15 is 0 Å². The molecule has 0 amide bonds. The lowest BCUT2D eigenvalue weighted by molar-refractivity contribution is -0.453. The highest BCUT2D eigenvalue weighted by Crippen LogP contribution is 2.78. The van der Waals surface area contributed by atoms with Crippen molar-refractivity contribution >= 4 is 11.6 Å². The first-order valence-electron chi connectivity index (χ1n) is 9.17. The van der Waals surface area contributed by atoms with Crippen LogP contribution in [0.5, 0.6) is 0 Å². The molecule has 2 N–H and O–H groups in total. The smallest absolute Gasteiger partial charge is 0.205 e. The number of ketones is 2. The Hall–Kier alpha value is -0.780. The van der Waals surface area contributed by atoms with E-state index in [1.165, 1.54) is 0 Å². The Morgan fingerprint density at radius 1 is 1.08 bits per heavy atom. The summed E-state index contributed by atoms with van der Waals surface area (Å²) in [7, 11) is 0. The molecule has 5 fully saturated rings. The van der Waals surface area contributed by atoms with Crippen LogP contribution in [0.4, 0.5) is 0 Å². The van der Waals surface area contributed by atoms with Crippen LogP contribution in [0.15, 0.2) is 0 Å². The highest BCUT2D eigenvalue weighted by molar-refractivity contribution is 5.96. The summed E-state index contributed by atoms with van der Waals surface area (Å²) in [5.74, 6) is -2.12. The number of hydrogen-bond acceptors (Lipinski definition) is 5. The zero-order chi connectivity index (χ0) is 17.8. The Kier molecular flexibility index (Phi) is 2.99. The lowest BCUT2D eigenvalue weighted by Crippen LogP contribution is -2.88. The quantitative estimate of drug-likeness (QED) is 0.763. The lowest BCUT2D eigenvalue weighted by atomic mass is 9.29. The van der Waals surface area contributed by atoms with Crippen LogP contribution in [0, 0.1) is 27.6 Å². The van der Waals surface area contributed by atoms with E-state index in [1.54, 1.807) is 0 Å². The van der Waals surface area contributed by atoms with Crippen LogP contribution >= 0.6 is 0 Å². The molecule has 24 heavy (non-hydrogen) atoms. The van der Waals surface area contributed by atoms with Crippen LogP contribution in [0.3, 0.4) is 0 Å². The summed E-state index contributed by atoms with van der Waals surface area (Å²) < 4.78 is 5.79. The Morgan fingerprint density at radius 3 is 2.17 bits per heavy atom. The molecule has 0 aromatic heterocycles. The van der Waals surface area contributed by atoms with E-state index in [1.807, 2.05) is 13.8 Å². The van der Waals surface area contributed by atoms with Gasteiger partial charge in [-0.25, -0.2) is 0 Å². The van der Waals surface area contributed by atoms with Gasteiger partial charge < -0.3 is 14.9 Å². The second kappa shape index (κ2) is 4.30. The first-order chi connectivity index (χ1) is 11.1. The highest BCUT2D eigenvalue weighted by Gasteiger charge is 2.87. The molecule has 2 aliphatic heterocycles. The highest BCUT2D eigenvalue weighted by atomic mass is 16.6. The van der Waals surface area contributed by atoms with Crippen molar-refractivity contribution in [2.75, 3.05) is 6.61 Å². The maximum Gasteiger partial charge on any atom is 0.205 e. The number of aliphatic hydroxyl groups is 2. The number of fused-ring (bicyclic) bond motifs is 1. The van der Waals surface area contributed by atoms with Gasteiger partial charge in [-0.2, -0.15) is 0 Å². The summed E-state index contributed by atoms with van der Waals surface area (Å²) in [6.07, 6.45) is 1.38. The molecule has 6 atom stereocenters. The standard InChI is InChI=1S/C19H28O5/c1-5-11-17(9-7-12(17)20)19(23)14(22)16(4)15(2,3)8-6-13(21)18(11,16)10-24-19/h11,14,22-23H,5-10H2,1-4H3/t11-,14+,16-,17+,18-,19-/m1/s1. The van der Waals surface area contributed by atoms with Crippen molar-refractivity contribution in [1.82, 2.24) is 0 Å². The molecule has 0 aromatic carbocycles. The summed E-state index contributed by atoms with van der Waals surface area (Å²) >= 11 is 0. The van der Waals surface area contributed by atoms with Gasteiger partial charge in [0, 0.05) is 18.3 Å². The molecular weight excluding hydrogens is 308 g/mol. The number of hydrogen-bond donors (Lipinski definition) is 2. The Morgan fingerprint density at radius 2 is 1.67 bits per heavy atom. The van der Waals surface area contributed by atoms with E-state index in [0.717, 1.165) is 0 Å². The molecule has 2 spiro atoms. The van der Waals surface area contributed by atoms with Crippen molar-refractivity contribution < 1.29 is 24.5 Å². The summed E-state index contributed by atoms with van der Waals surface area (Å²) in [4.78, 5) is 26.0. The van der Waals surface area contributed by atoms with Crippen molar-refractivity contribution in [2.24, 2.45) is 27.6 Å². The first kappa shape index (κ1) is 16.7. The summed E-state index contributed by atoms with van der Waals surface area (Å²) in [5, 5.41) is 22.8. The lowest BCUT2D eigenvalue weighted by Gasteiger charge is -2.78. The minimum Gasteiger partial charge on any atom is -0.387 e. The molecule has 0 unspecified atom stereocenters. The van der Waals surface area contributed by atoms with Gasteiger partial charge in [0.1, 0.15) is 17.7 Å². The van der Waals surface area contributed by atoms with Gasteiger partial charge in [-0.05, 0) is 24.2 Å². The molecule has 3 saturated carbocycles. The summed E-state index contributed by atoms with van der Waals surface area (Å²) in [5.41, 5.74) is -3.17. The fourth-order valence-corrected chi connectivity index (χ4v) is 6.98. The molecule has 2 bridgehead atoms. The molecule has 3 aliphatic carbocycles. The predicted octanol–water partition coefficient (Wildman–Crippen LogP) is 1.84. The largest absolute Gasteiger partial charge is 0.387 e. The SMILES string of the molecule is CC[C@H]1[C@@]23CO[C@](O)([C@@H](O)[C@]2(C)C(C)(C)CCC3=O)[C@@]12CCC2=O. The number of carbonyl (C=O) groups excluding carboxylic acids is 2. The number of aliphatic hydroxyl groups excluding tert-OH is 1. The van der Waals surface area contributed by atoms with Gasteiger partial charge in [-0.3, -0.25) is 9.59 Å². The zero-order valence-corrected chi connectivity index (χ0v) is 15.0. The zero-order valence-electron chi connectivity index (χ0n) is 15.0. The van der Waals surface area contributed by atoms with Crippen LogP contribution in [0.25, 0.3) is 0 Å². The van der Waals surface area contributed by atoms with Gasteiger partial charge in [-0.1, -0.05) is 34.1 Å². The Balaban J connectivity index is 2.04. The minimum atomic E-state index is -1.88. The van der Waals surface area contributed by atoms with Gasteiger partial charge in [0.15, 0.2) is 0 Å². The molecule has 2 heterocycles. The second-order valence-electron chi connectivity index (χ2n) is 9.22. The maximum atomic E-state index is 13.3. The van der Waals surface area contributed by atoms with E-state index in [-0.39, 0.29) is 29.5 Å². The van der Waals surface area contributed by atoms with Gasteiger partial charge in [0.05, 0.1) is 17.4 Å². The van der Waals surface area contributed by atoms with Crippen LogP contribution in [-0.2, 0) is 14.3 Å². The van der Waals surface area contributed by atoms with Crippen molar-refractivity contribution in [1.29, 1.82) is 0 Å². The van der Waals surface area contributed by atoms with Gasteiger partial charge in [0.2, 0.25) is 5.79 Å². The van der Waals surface area contributed by atoms with Gasteiger partial charge in [0.25, 0.3) is 0 Å². The van der Waals surface area contributed by atoms with Crippen molar-refractivity contribution in [2.45, 2.75) is 71.7 Å². The third-order valence-corrected chi connectivity index (χ3v) is 8.73. The molecule has 134 valence electrons. The Labute approximate surface area is 142 Å². The minimum absolute atomic E-state index is 0.0618. The predicted molar refractivity (Wildman–Crippen MR) is 85.9 cm³/mol.